The van der Waals surface area contributed by atoms with E-state index in [0.717, 1.165) is 62.1 Å². The minimum absolute atomic E-state index is 0.105. The number of fused-ring (bicyclic) bond motifs is 4. The number of carbonyl (C=O) groups is 2. The highest BCUT2D eigenvalue weighted by Gasteiger charge is 2.45. The van der Waals surface area contributed by atoms with Gasteiger partial charge in [-0.3, -0.25) is 19.0 Å². The summed E-state index contributed by atoms with van der Waals surface area (Å²) >= 11 is 6.52. The second-order valence-electron chi connectivity index (χ2n) is 16.5. The van der Waals surface area contributed by atoms with Gasteiger partial charge in [0.25, 0.3) is 11.8 Å². The molecule has 1 saturated carbocycles. The zero-order valence-electron chi connectivity index (χ0n) is 32.6. The van der Waals surface area contributed by atoms with Gasteiger partial charge in [0.2, 0.25) is 0 Å². The molecule has 3 aliphatic heterocycles. The Morgan fingerprint density at radius 3 is 2.71 bits per heavy atom. The molecule has 6 atom stereocenters. The average Bonchev–Trinajstić information content (AvgIpc) is 3.42. The molecule has 8 rings (SSSR count). The molecule has 2 amide bonds. The molecule has 4 heterocycles. The Bertz CT molecular complexity index is 2160. The summed E-state index contributed by atoms with van der Waals surface area (Å²) in [5, 5.41) is 5.01. The van der Waals surface area contributed by atoms with Crippen LogP contribution in [0.3, 0.4) is 0 Å². The first-order valence-corrected chi connectivity index (χ1v) is 21.7. The van der Waals surface area contributed by atoms with E-state index in [0.29, 0.717) is 37.7 Å². The van der Waals surface area contributed by atoms with E-state index in [2.05, 4.69) is 37.3 Å². The summed E-state index contributed by atoms with van der Waals surface area (Å²) in [4.78, 5) is 30.4. The van der Waals surface area contributed by atoms with Crippen LogP contribution in [0.15, 0.2) is 64.0 Å². The molecule has 2 aliphatic carbocycles. The van der Waals surface area contributed by atoms with Crippen molar-refractivity contribution >= 4 is 39.0 Å². The Hall–Kier alpha value is -3.75. The van der Waals surface area contributed by atoms with Crippen LogP contribution in [0.2, 0.25) is 5.02 Å². The minimum Gasteiger partial charge on any atom is -0.490 e. The molecule has 14 heteroatoms. The quantitative estimate of drug-likeness (QED) is 0.281. The highest BCUT2D eigenvalue weighted by molar-refractivity contribution is 7.92. The predicted octanol–water partition coefficient (Wildman–Crippen LogP) is 6.86. The molecule has 2 aromatic carbocycles. The molecule has 5 aliphatic rings. The van der Waals surface area contributed by atoms with Gasteiger partial charge in [-0.2, -0.15) is 5.10 Å². The maximum atomic E-state index is 15.3. The average molecular weight is 806 g/mol. The summed E-state index contributed by atoms with van der Waals surface area (Å²) < 4.78 is 49.3. The first kappa shape index (κ1) is 39.1. The lowest BCUT2D eigenvalue weighted by Gasteiger charge is -2.46. The van der Waals surface area contributed by atoms with Gasteiger partial charge >= 0.3 is 0 Å². The van der Waals surface area contributed by atoms with Crippen LogP contribution in [0.1, 0.15) is 86.0 Å². The molecule has 1 N–H and O–H groups in total. The molecule has 2 bridgehead atoms. The molecular weight excluding hydrogens is 754 g/mol. The van der Waals surface area contributed by atoms with Gasteiger partial charge in [-0.05, 0) is 125 Å². The fourth-order valence-electron chi connectivity index (χ4n) is 8.96. The van der Waals surface area contributed by atoms with Gasteiger partial charge < -0.3 is 23.8 Å². The van der Waals surface area contributed by atoms with Crippen LogP contribution in [0.25, 0.3) is 0 Å². The number of benzene rings is 2. The summed E-state index contributed by atoms with van der Waals surface area (Å²) in [6, 6.07) is 11.4. The number of amides is 2. The van der Waals surface area contributed by atoms with E-state index in [1.54, 1.807) is 52.2 Å². The van der Waals surface area contributed by atoms with Gasteiger partial charge in [-0.1, -0.05) is 29.8 Å². The third-order valence-corrected chi connectivity index (χ3v) is 14.2. The fourth-order valence-corrected chi connectivity index (χ4v) is 10.8. The van der Waals surface area contributed by atoms with Crippen molar-refractivity contribution in [1.82, 2.24) is 14.5 Å². The van der Waals surface area contributed by atoms with Crippen LogP contribution in [0.5, 0.6) is 5.75 Å². The van der Waals surface area contributed by atoms with E-state index in [4.69, 9.17) is 30.5 Å². The molecule has 2 unspecified atom stereocenters. The molecule has 3 aromatic rings. The molecule has 1 saturated heterocycles. The zero-order valence-corrected chi connectivity index (χ0v) is 34.2. The van der Waals surface area contributed by atoms with Crippen molar-refractivity contribution in [3.63, 3.8) is 0 Å². The number of aryl methyl sites for hydroxylation is 3. The molecule has 0 radical (unpaired) electrons. The Morgan fingerprint density at radius 1 is 1.11 bits per heavy atom. The number of aromatic nitrogens is 2. The van der Waals surface area contributed by atoms with Crippen LogP contribution in [-0.2, 0) is 47.8 Å². The molecule has 56 heavy (non-hydrogen) atoms. The molecule has 1 aromatic heterocycles. The molecule has 1 spiro atoms. The zero-order chi connectivity index (χ0) is 39.2. The van der Waals surface area contributed by atoms with Crippen LogP contribution in [-0.4, -0.2) is 76.7 Å². The Kier molecular flexibility index (Phi) is 10.8. The largest absolute Gasteiger partial charge is 0.490 e. The number of nitrogens with zero attached hydrogens (tertiary/aromatic N) is 4. The van der Waals surface area contributed by atoms with Crippen LogP contribution < -0.4 is 14.4 Å². The summed E-state index contributed by atoms with van der Waals surface area (Å²) in [6.07, 6.45) is 12.8. The van der Waals surface area contributed by atoms with Gasteiger partial charge in [-0.15, -0.1) is 4.36 Å². The number of nitrogens with one attached hydrogen (secondary N) is 1. The highest BCUT2D eigenvalue weighted by atomic mass is 35.5. The van der Waals surface area contributed by atoms with E-state index < -0.39 is 27.3 Å². The normalized spacial score (nSPS) is 30.8. The first-order chi connectivity index (χ1) is 26.8. The lowest BCUT2D eigenvalue weighted by molar-refractivity contribution is -0.197. The lowest BCUT2D eigenvalue weighted by Crippen LogP contribution is -2.50. The van der Waals surface area contributed by atoms with Crippen molar-refractivity contribution in [3.8, 4) is 5.75 Å². The topological polar surface area (TPSA) is 134 Å². The summed E-state index contributed by atoms with van der Waals surface area (Å²) in [7, 11) is -2.21. The van der Waals surface area contributed by atoms with Crippen LogP contribution >= 0.6 is 11.6 Å². The van der Waals surface area contributed by atoms with E-state index in [1.807, 2.05) is 12.1 Å². The molecule has 300 valence electrons. The third kappa shape index (κ3) is 7.77. The summed E-state index contributed by atoms with van der Waals surface area (Å²) in [6.45, 7) is 7.46. The predicted molar refractivity (Wildman–Crippen MR) is 213 cm³/mol. The van der Waals surface area contributed by atoms with Crippen molar-refractivity contribution < 1.29 is 32.7 Å². The summed E-state index contributed by atoms with van der Waals surface area (Å²) in [5.41, 5.74) is 2.09. The number of ether oxygens (including phenoxy) is 4. The highest BCUT2D eigenvalue weighted by Crippen LogP contribution is 2.47. The van der Waals surface area contributed by atoms with E-state index >= 15 is 4.21 Å². The van der Waals surface area contributed by atoms with Crippen molar-refractivity contribution in [3.05, 3.63) is 82.2 Å². The van der Waals surface area contributed by atoms with Gasteiger partial charge in [0.1, 0.15) is 11.4 Å². The van der Waals surface area contributed by atoms with Crippen molar-refractivity contribution in [2.75, 3.05) is 37.8 Å². The third-order valence-electron chi connectivity index (χ3n) is 12.2. The SMILES string of the molecule is Cc1nn(C)cc1C(=O)NS1(=O)=NC(=O)C(C)(C)OC/C=C\[C@H](OC2CCCCO2)[C@@H]2CC[C@H]2CN2C[C@@]3(CCCc4cc(Cl)ccc43)COc3ccc1cc32. The van der Waals surface area contributed by atoms with Gasteiger partial charge in [0, 0.05) is 43.4 Å². The van der Waals surface area contributed by atoms with E-state index in [1.165, 1.54) is 15.8 Å². The first-order valence-electron chi connectivity index (χ1n) is 19.8. The standard InChI is InChI=1S/C42H52ClN5O7S/c1-27-33(24-47(4)44-27)39(49)45-56(51)31-14-17-37-35(22-31)48(25-42(26-53-37)18-7-9-28-21-30(43)13-16-34(28)42)23-29-12-15-32(29)36(55-38-11-5-6-19-52-38)10-8-20-54-41(2,3)40(50)46-56/h8,10,13-14,16-17,21-22,24,29,32,36,38H,5-7,9,11-12,15,18-20,23,25-26H2,1-4H3,(H,45,46,49,50,51)/b10-8-/t29-,32+,36-,38?,42-,56?/m0/s1. The maximum absolute atomic E-state index is 15.3. The maximum Gasteiger partial charge on any atom is 0.287 e. The van der Waals surface area contributed by atoms with Gasteiger partial charge in [0.05, 0.1) is 41.2 Å². The van der Waals surface area contributed by atoms with Gasteiger partial charge in [-0.25, -0.2) is 4.21 Å². The lowest BCUT2D eigenvalue weighted by atomic mass is 9.68. The Balaban J connectivity index is 1.24. The van der Waals surface area contributed by atoms with Crippen molar-refractivity contribution in [2.24, 2.45) is 23.2 Å². The smallest absolute Gasteiger partial charge is 0.287 e. The van der Waals surface area contributed by atoms with Crippen LogP contribution in [0.4, 0.5) is 5.69 Å². The number of anilines is 1. The monoisotopic (exact) mass is 805 g/mol. The van der Waals surface area contributed by atoms with Crippen LogP contribution in [0, 0.1) is 18.8 Å². The second-order valence-corrected chi connectivity index (χ2v) is 18.9. The van der Waals surface area contributed by atoms with E-state index in [9.17, 15) is 9.59 Å². The number of hydrogen-bond acceptors (Lipinski definition) is 9. The number of carbonyl (C=O) groups excluding carboxylic acids is 2. The molecule has 2 fully saturated rings. The second kappa shape index (κ2) is 15.5. The van der Waals surface area contributed by atoms with Gasteiger partial charge in [0.15, 0.2) is 16.2 Å². The van der Waals surface area contributed by atoms with E-state index in [-0.39, 0.29) is 46.7 Å². The number of rotatable bonds is 4. The fraction of sp³-hybridized carbons (Fsp3) is 0.548. The summed E-state index contributed by atoms with van der Waals surface area (Å²) in [5.74, 6) is -0.309. The number of hydrogen-bond donors (Lipinski definition) is 1. The van der Waals surface area contributed by atoms with Crippen molar-refractivity contribution in [2.45, 2.75) is 100 Å². The number of halogens is 1. The van der Waals surface area contributed by atoms with Crippen molar-refractivity contribution in [1.29, 1.82) is 0 Å². The Labute approximate surface area is 334 Å². The molecular formula is C42H52ClN5O7S. The Morgan fingerprint density at radius 2 is 1.96 bits per heavy atom. The minimum atomic E-state index is -3.92. The molecule has 12 nitrogen and oxygen atoms in total.